The molecular weight excluding hydrogens is 276 g/mol. The van der Waals surface area contributed by atoms with Crippen LogP contribution in [0.25, 0.3) is 0 Å². The van der Waals surface area contributed by atoms with Crippen molar-refractivity contribution in [3.63, 3.8) is 0 Å². The fourth-order valence-electron chi connectivity index (χ4n) is 2.06. The van der Waals surface area contributed by atoms with Gasteiger partial charge < -0.3 is 15.3 Å². The number of halogens is 1. The molecule has 0 bridgehead atoms. The van der Waals surface area contributed by atoms with Crippen molar-refractivity contribution in [1.29, 1.82) is 0 Å². The highest BCUT2D eigenvalue weighted by Crippen LogP contribution is 2.16. The average molecular weight is 299 g/mol. The number of aryl methyl sites for hydroxylation is 1. The lowest BCUT2D eigenvalue weighted by atomic mass is 10.1. The summed E-state index contributed by atoms with van der Waals surface area (Å²) < 4.78 is 0. The number of nitrogens with zero attached hydrogens (tertiary/aromatic N) is 1. The summed E-state index contributed by atoms with van der Waals surface area (Å²) in [6.07, 6.45) is 0.961. The molecule has 0 aliphatic carbocycles. The van der Waals surface area contributed by atoms with Gasteiger partial charge in [0.15, 0.2) is 0 Å². The van der Waals surface area contributed by atoms with Crippen LogP contribution in [0.2, 0.25) is 5.02 Å². The molecule has 2 N–H and O–H groups in total. The molecule has 0 aliphatic heterocycles. The fraction of sp³-hybridized carbons (Fsp3) is 0.533. The van der Waals surface area contributed by atoms with Crippen LogP contribution < -0.4 is 5.32 Å². The Hall–Kier alpha value is -1.10. The smallest absolute Gasteiger partial charge is 0.220 e. The summed E-state index contributed by atoms with van der Waals surface area (Å²) in [6, 6.07) is 7.50. The van der Waals surface area contributed by atoms with Gasteiger partial charge in [-0.25, -0.2) is 0 Å². The molecule has 5 heteroatoms. The van der Waals surface area contributed by atoms with Crippen molar-refractivity contribution in [2.75, 3.05) is 27.2 Å². The highest BCUT2D eigenvalue weighted by Gasteiger charge is 2.21. The minimum absolute atomic E-state index is 0.0797. The van der Waals surface area contributed by atoms with E-state index in [1.165, 1.54) is 0 Å². The monoisotopic (exact) mass is 298 g/mol. The second kappa shape index (κ2) is 7.62. The first-order valence-electron chi connectivity index (χ1n) is 6.67. The van der Waals surface area contributed by atoms with Gasteiger partial charge >= 0.3 is 0 Å². The van der Waals surface area contributed by atoms with E-state index in [-0.39, 0.29) is 12.5 Å². The van der Waals surface area contributed by atoms with Gasteiger partial charge in [0.05, 0.1) is 5.60 Å². The summed E-state index contributed by atoms with van der Waals surface area (Å²) in [5.41, 5.74) is 0.0353. The fourth-order valence-corrected chi connectivity index (χ4v) is 2.29. The van der Waals surface area contributed by atoms with Gasteiger partial charge in [-0.15, -0.1) is 0 Å². The third kappa shape index (κ3) is 6.37. The Morgan fingerprint density at radius 3 is 2.65 bits per heavy atom. The second-order valence-electron chi connectivity index (χ2n) is 5.60. The zero-order chi connectivity index (χ0) is 15.2. The van der Waals surface area contributed by atoms with E-state index in [2.05, 4.69) is 5.32 Å². The van der Waals surface area contributed by atoms with Crippen LogP contribution in [0.3, 0.4) is 0 Å². The quantitative estimate of drug-likeness (QED) is 0.806. The summed E-state index contributed by atoms with van der Waals surface area (Å²) in [5, 5.41) is 13.5. The first kappa shape index (κ1) is 17.0. The van der Waals surface area contributed by atoms with Gasteiger partial charge in [-0.05, 0) is 39.1 Å². The van der Waals surface area contributed by atoms with Crippen molar-refractivity contribution in [3.05, 3.63) is 34.9 Å². The number of aliphatic hydroxyl groups is 1. The molecule has 0 radical (unpaired) electrons. The minimum atomic E-state index is -0.927. The predicted octanol–water partition coefficient (Wildman–Crippen LogP) is 1.70. The van der Waals surface area contributed by atoms with Gasteiger partial charge in [0.2, 0.25) is 5.91 Å². The lowest BCUT2D eigenvalue weighted by Gasteiger charge is -2.27. The average Bonchev–Trinajstić information content (AvgIpc) is 2.34. The molecule has 1 amide bonds. The standard InChI is InChI=1S/C15H23ClN2O2/c1-15(20,11-18(2)3)10-17-14(19)9-8-12-6-4-5-7-13(12)16/h4-7,20H,8-11H2,1-3H3,(H,17,19). The number of likely N-dealkylation sites (N-methyl/N-ethyl adjacent to an activating group) is 1. The Bertz CT molecular complexity index is 447. The van der Waals surface area contributed by atoms with E-state index >= 15 is 0 Å². The van der Waals surface area contributed by atoms with Crippen LogP contribution in [0.15, 0.2) is 24.3 Å². The number of amides is 1. The maximum absolute atomic E-state index is 11.8. The summed E-state index contributed by atoms with van der Waals surface area (Å²) in [7, 11) is 3.77. The van der Waals surface area contributed by atoms with Crippen molar-refractivity contribution < 1.29 is 9.90 Å². The highest BCUT2D eigenvalue weighted by atomic mass is 35.5. The van der Waals surface area contributed by atoms with Gasteiger partial charge in [-0.1, -0.05) is 29.8 Å². The van der Waals surface area contributed by atoms with Crippen LogP contribution in [0.5, 0.6) is 0 Å². The van der Waals surface area contributed by atoms with Crippen molar-refractivity contribution in [2.24, 2.45) is 0 Å². The predicted molar refractivity (Wildman–Crippen MR) is 82.0 cm³/mol. The molecular formula is C15H23ClN2O2. The Morgan fingerprint density at radius 2 is 2.05 bits per heavy atom. The molecule has 4 nitrogen and oxygen atoms in total. The Balaban J connectivity index is 2.36. The third-order valence-electron chi connectivity index (χ3n) is 2.90. The molecule has 0 fully saturated rings. The molecule has 0 saturated heterocycles. The van der Waals surface area contributed by atoms with Gasteiger partial charge in [-0.2, -0.15) is 0 Å². The maximum Gasteiger partial charge on any atom is 0.220 e. The van der Waals surface area contributed by atoms with Crippen LogP contribution in [0, 0.1) is 0 Å². The van der Waals surface area contributed by atoms with Crippen LogP contribution in [0.1, 0.15) is 18.9 Å². The number of hydrogen-bond donors (Lipinski definition) is 2. The number of benzene rings is 1. The number of hydrogen-bond acceptors (Lipinski definition) is 3. The molecule has 0 aliphatic rings. The zero-order valence-electron chi connectivity index (χ0n) is 12.3. The zero-order valence-corrected chi connectivity index (χ0v) is 13.1. The topological polar surface area (TPSA) is 52.6 Å². The van der Waals surface area contributed by atoms with Crippen LogP contribution in [0.4, 0.5) is 0 Å². The van der Waals surface area contributed by atoms with E-state index in [0.29, 0.717) is 24.4 Å². The van der Waals surface area contributed by atoms with Gasteiger partial charge in [0, 0.05) is 24.5 Å². The van der Waals surface area contributed by atoms with E-state index in [4.69, 9.17) is 11.6 Å². The lowest BCUT2D eigenvalue weighted by molar-refractivity contribution is -0.122. The summed E-state index contributed by atoms with van der Waals surface area (Å²) in [5.74, 6) is -0.0797. The molecule has 112 valence electrons. The van der Waals surface area contributed by atoms with Crippen molar-refractivity contribution in [3.8, 4) is 0 Å². The van der Waals surface area contributed by atoms with E-state index < -0.39 is 5.60 Å². The number of carbonyl (C=O) groups is 1. The van der Waals surface area contributed by atoms with Crippen LogP contribution in [-0.4, -0.2) is 48.7 Å². The van der Waals surface area contributed by atoms with E-state index in [1.807, 2.05) is 43.3 Å². The van der Waals surface area contributed by atoms with Crippen LogP contribution in [-0.2, 0) is 11.2 Å². The maximum atomic E-state index is 11.8. The largest absolute Gasteiger partial charge is 0.387 e. The van der Waals surface area contributed by atoms with Crippen LogP contribution >= 0.6 is 11.6 Å². The molecule has 20 heavy (non-hydrogen) atoms. The molecule has 1 aromatic carbocycles. The van der Waals surface area contributed by atoms with Crippen molar-refractivity contribution in [1.82, 2.24) is 10.2 Å². The second-order valence-corrected chi connectivity index (χ2v) is 6.01. The normalized spacial score (nSPS) is 14.1. The SMILES string of the molecule is CN(C)CC(C)(O)CNC(=O)CCc1ccccc1Cl. The van der Waals surface area contributed by atoms with Gasteiger partial charge in [0.1, 0.15) is 0 Å². The lowest BCUT2D eigenvalue weighted by Crippen LogP contribution is -2.47. The molecule has 0 spiro atoms. The molecule has 0 aromatic heterocycles. The summed E-state index contributed by atoms with van der Waals surface area (Å²) in [4.78, 5) is 13.7. The van der Waals surface area contributed by atoms with Gasteiger partial charge in [-0.3, -0.25) is 4.79 Å². The Morgan fingerprint density at radius 1 is 1.40 bits per heavy atom. The molecule has 0 heterocycles. The number of carbonyl (C=O) groups excluding carboxylic acids is 1. The molecule has 1 unspecified atom stereocenters. The number of rotatable bonds is 7. The van der Waals surface area contributed by atoms with Crippen molar-refractivity contribution >= 4 is 17.5 Å². The minimum Gasteiger partial charge on any atom is -0.387 e. The third-order valence-corrected chi connectivity index (χ3v) is 3.27. The molecule has 1 rings (SSSR count). The molecule has 1 atom stereocenters. The van der Waals surface area contributed by atoms with Gasteiger partial charge in [0.25, 0.3) is 0 Å². The Labute approximate surface area is 125 Å². The van der Waals surface area contributed by atoms with E-state index in [1.54, 1.807) is 6.92 Å². The van der Waals surface area contributed by atoms with Crippen molar-refractivity contribution in [2.45, 2.75) is 25.4 Å². The summed E-state index contributed by atoms with van der Waals surface area (Å²) in [6.45, 7) is 2.45. The highest BCUT2D eigenvalue weighted by molar-refractivity contribution is 6.31. The summed E-state index contributed by atoms with van der Waals surface area (Å²) >= 11 is 6.04. The number of nitrogens with one attached hydrogen (secondary N) is 1. The molecule has 0 saturated carbocycles. The first-order chi connectivity index (χ1) is 9.30. The first-order valence-corrected chi connectivity index (χ1v) is 7.05. The van der Waals surface area contributed by atoms with E-state index in [9.17, 15) is 9.90 Å². The molecule has 1 aromatic rings. The van der Waals surface area contributed by atoms with E-state index in [0.717, 1.165) is 5.56 Å². The Kier molecular flexibility index (Phi) is 6.46.